The molecule has 0 spiro atoms. The summed E-state index contributed by atoms with van der Waals surface area (Å²) in [6.45, 7) is 0. The fourth-order valence-electron chi connectivity index (χ4n) is 2.97. The van der Waals surface area contributed by atoms with Crippen molar-refractivity contribution in [1.82, 2.24) is 4.98 Å². The molecule has 29 heavy (non-hydrogen) atoms. The van der Waals surface area contributed by atoms with Crippen LogP contribution >= 0.6 is 0 Å². The molecule has 0 aliphatic heterocycles. The maximum atomic E-state index is 12.3. The summed E-state index contributed by atoms with van der Waals surface area (Å²) in [4.78, 5) is 3.35. The molecule has 0 fully saturated rings. The molecule has 152 valence electrons. The van der Waals surface area contributed by atoms with E-state index in [-0.39, 0.29) is 32.5 Å². The minimum atomic E-state index is -4.24. The number of pyridine rings is 1. The second kappa shape index (κ2) is 7.44. The second-order valence-corrected chi connectivity index (χ2v) is 9.16. The third kappa shape index (κ3) is 4.22. The Morgan fingerprint density at radius 1 is 0.862 bits per heavy atom. The summed E-state index contributed by atoms with van der Waals surface area (Å²) >= 11 is 0. The van der Waals surface area contributed by atoms with Gasteiger partial charge in [0.15, 0.2) is 0 Å². The Bertz CT molecular complexity index is 1310. The number of nitrogens with zero attached hydrogens (tertiary/aromatic N) is 1. The molecule has 0 saturated heterocycles. The van der Waals surface area contributed by atoms with E-state index in [2.05, 4.69) is 4.98 Å². The van der Waals surface area contributed by atoms with Crippen molar-refractivity contribution in [3.63, 3.8) is 0 Å². The Kier molecular flexibility index (Phi) is 5.32. The van der Waals surface area contributed by atoms with Crippen LogP contribution in [0.25, 0.3) is 22.3 Å². The first-order valence-electron chi connectivity index (χ1n) is 8.11. The molecule has 1 heterocycles. The minimum Gasteiger partial charge on any atom is -0.497 e. The SMILES string of the molecule is COc1ccc(-c2c(-c3ccnc(N)c3)cccc2S(N)(=O)=O)c(S(N)(=O)=O)c1. The lowest BCUT2D eigenvalue weighted by atomic mass is 9.94. The van der Waals surface area contributed by atoms with E-state index in [1.165, 1.54) is 49.7 Å². The van der Waals surface area contributed by atoms with Gasteiger partial charge in [-0.15, -0.1) is 0 Å². The number of primary sulfonamides is 2. The Hall–Kier alpha value is -2.99. The molecule has 0 aliphatic rings. The number of anilines is 1. The lowest BCUT2D eigenvalue weighted by Gasteiger charge is -2.17. The summed E-state index contributed by atoms with van der Waals surface area (Å²) in [6, 6.07) is 11.7. The van der Waals surface area contributed by atoms with Crippen LogP contribution < -0.4 is 20.7 Å². The fraction of sp³-hybridized carbons (Fsp3) is 0.0556. The van der Waals surface area contributed by atoms with Gasteiger partial charge in [0.1, 0.15) is 11.6 Å². The van der Waals surface area contributed by atoms with Crippen molar-refractivity contribution in [3.05, 3.63) is 54.7 Å². The highest BCUT2D eigenvalue weighted by Crippen LogP contribution is 2.40. The molecule has 9 nitrogen and oxygen atoms in total. The number of hydrogen-bond donors (Lipinski definition) is 3. The van der Waals surface area contributed by atoms with Crippen LogP contribution in [0.2, 0.25) is 0 Å². The van der Waals surface area contributed by atoms with Crippen molar-refractivity contribution >= 4 is 25.9 Å². The lowest BCUT2D eigenvalue weighted by molar-refractivity contribution is 0.413. The van der Waals surface area contributed by atoms with Crippen LogP contribution in [-0.2, 0) is 20.0 Å². The smallest absolute Gasteiger partial charge is 0.238 e. The standard InChI is InChI=1S/C18H18N4O5S2/c1-27-12-5-6-14(16(10-12)29(21,25)26)18-13(11-7-8-22-17(19)9-11)3-2-4-15(18)28(20,23)24/h2-10H,1H3,(H2,19,22)(H2,20,23,24)(H2,21,25,26). The van der Waals surface area contributed by atoms with Crippen molar-refractivity contribution in [1.29, 1.82) is 0 Å². The average Bonchev–Trinajstić information content (AvgIpc) is 2.65. The Morgan fingerprint density at radius 3 is 2.14 bits per heavy atom. The number of methoxy groups -OCH3 is 1. The summed E-state index contributed by atoms with van der Waals surface area (Å²) < 4.78 is 54.2. The predicted octanol–water partition coefficient (Wildman–Crippen LogP) is 1.30. The van der Waals surface area contributed by atoms with E-state index in [0.29, 0.717) is 11.1 Å². The van der Waals surface area contributed by atoms with Gasteiger partial charge >= 0.3 is 0 Å². The molecule has 3 rings (SSSR count). The van der Waals surface area contributed by atoms with Gasteiger partial charge in [0.2, 0.25) is 20.0 Å². The Labute approximate surface area is 168 Å². The quantitative estimate of drug-likeness (QED) is 0.543. The molecule has 0 bridgehead atoms. The normalized spacial score (nSPS) is 12.0. The van der Waals surface area contributed by atoms with Gasteiger partial charge in [0.05, 0.1) is 16.9 Å². The van der Waals surface area contributed by atoms with Gasteiger partial charge in [-0.3, -0.25) is 0 Å². The van der Waals surface area contributed by atoms with Gasteiger partial charge in [0.25, 0.3) is 0 Å². The Morgan fingerprint density at radius 2 is 1.55 bits per heavy atom. The molecule has 0 saturated carbocycles. The highest BCUT2D eigenvalue weighted by molar-refractivity contribution is 7.89. The van der Waals surface area contributed by atoms with Gasteiger partial charge in [-0.25, -0.2) is 32.1 Å². The van der Waals surface area contributed by atoms with Crippen molar-refractivity contribution < 1.29 is 21.6 Å². The molecular formula is C18H18N4O5S2. The zero-order valence-electron chi connectivity index (χ0n) is 15.2. The number of rotatable bonds is 5. The first-order chi connectivity index (χ1) is 13.5. The number of nitrogen functional groups attached to an aromatic ring is 1. The molecule has 11 heteroatoms. The maximum Gasteiger partial charge on any atom is 0.238 e. The summed E-state index contributed by atoms with van der Waals surface area (Å²) in [6.07, 6.45) is 1.45. The van der Waals surface area contributed by atoms with E-state index < -0.39 is 20.0 Å². The van der Waals surface area contributed by atoms with E-state index in [1.807, 2.05) is 0 Å². The van der Waals surface area contributed by atoms with Crippen LogP contribution in [0.15, 0.2) is 64.5 Å². The summed E-state index contributed by atoms with van der Waals surface area (Å²) in [5.41, 5.74) is 6.81. The highest BCUT2D eigenvalue weighted by Gasteiger charge is 2.25. The van der Waals surface area contributed by atoms with Crippen molar-refractivity contribution in [2.45, 2.75) is 9.79 Å². The number of aromatic nitrogens is 1. The van der Waals surface area contributed by atoms with E-state index in [0.717, 1.165) is 0 Å². The van der Waals surface area contributed by atoms with Crippen LogP contribution in [-0.4, -0.2) is 28.9 Å². The first kappa shape index (κ1) is 20.7. The van der Waals surface area contributed by atoms with Gasteiger partial charge in [-0.1, -0.05) is 12.1 Å². The molecule has 3 aromatic rings. The van der Waals surface area contributed by atoms with Gasteiger partial charge < -0.3 is 10.5 Å². The third-order valence-electron chi connectivity index (χ3n) is 4.19. The summed E-state index contributed by atoms with van der Waals surface area (Å²) in [7, 11) is -7.08. The molecule has 6 N–H and O–H groups in total. The van der Waals surface area contributed by atoms with E-state index in [9.17, 15) is 16.8 Å². The second-order valence-electron chi connectivity index (χ2n) is 6.10. The average molecular weight is 434 g/mol. The van der Waals surface area contributed by atoms with Crippen LogP contribution in [0.3, 0.4) is 0 Å². The van der Waals surface area contributed by atoms with Gasteiger partial charge in [-0.05, 0) is 41.5 Å². The Balaban J connectivity index is 2.50. The molecule has 0 aliphatic carbocycles. The summed E-state index contributed by atoms with van der Waals surface area (Å²) in [5.74, 6) is 0.441. The topological polar surface area (TPSA) is 168 Å². The van der Waals surface area contributed by atoms with Crippen molar-refractivity contribution in [2.75, 3.05) is 12.8 Å². The molecular weight excluding hydrogens is 416 g/mol. The van der Waals surface area contributed by atoms with Crippen LogP contribution in [0.4, 0.5) is 5.82 Å². The maximum absolute atomic E-state index is 12.3. The number of nitrogens with two attached hydrogens (primary N) is 3. The zero-order chi connectivity index (χ0) is 21.4. The minimum absolute atomic E-state index is 0.0586. The lowest BCUT2D eigenvalue weighted by Crippen LogP contribution is -2.17. The van der Waals surface area contributed by atoms with Gasteiger partial charge in [0, 0.05) is 23.4 Å². The van der Waals surface area contributed by atoms with Crippen molar-refractivity contribution in [3.8, 4) is 28.0 Å². The number of sulfonamides is 2. The van der Waals surface area contributed by atoms with Crippen LogP contribution in [0.1, 0.15) is 0 Å². The monoisotopic (exact) mass is 434 g/mol. The van der Waals surface area contributed by atoms with Crippen molar-refractivity contribution in [2.24, 2.45) is 10.3 Å². The van der Waals surface area contributed by atoms with E-state index in [4.69, 9.17) is 20.7 Å². The summed E-state index contributed by atoms with van der Waals surface area (Å²) in [5, 5.41) is 10.8. The first-order valence-corrected chi connectivity index (χ1v) is 11.2. The van der Waals surface area contributed by atoms with E-state index >= 15 is 0 Å². The highest BCUT2D eigenvalue weighted by atomic mass is 32.2. The van der Waals surface area contributed by atoms with E-state index in [1.54, 1.807) is 12.1 Å². The zero-order valence-corrected chi connectivity index (χ0v) is 16.9. The van der Waals surface area contributed by atoms with Gasteiger partial charge in [-0.2, -0.15) is 0 Å². The number of ether oxygens (including phenoxy) is 1. The molecule has 0 radical (unpaired) electrons. The molecule has 2 aromatic carbocycles. The number of benzene rings is 2. The molecule has 0 unspecified atom stereocenters. The van der Waals surface area contributed by atoms with Crippen LogP contribution in [0.5, 0.6) is 5.75 Å². The molecule has 0 amide bonds. The largest absolute Gasteiger partial charge is 0.497 e. The predicted molar refractivity (Wildman–Crippen MR) is 109 cm³/mol. The number of hydrogen-bond acceptors (Lipinski definition) is 7. The third-order valence-corrected chi connectivity index (χ3v) is 6.09. The molecule has 1 aromatic heterocycles. The van der Waals surface area contributed by atoms with Crippen LogP contribution in [0, 0.1) is 0 Å². The fourth-order valence-corrected chi connectivity index (χ4v) is 4.50. The molecule has 0 atom stereocenters.